The van der Waals surface area contributed by atoms with Gasteiger partial charge in [0.2, 0.25) is 5.16 Å². The Morgan fingerprint density at radius 1 is 1.37 bits per heavy atom. The Labute approximate surface area is 118 Å². The molecule has 102 valence electrons. The van der Waals surface area contributed by atoms with Gasteiger partial charge >= 0.3 is 0 Å². The van der Waals surface area contributed by atoms with Crippen LogP contribution in [0.2, 0.25) is 0 Å². The highest BCUT2D eigenvalue weighted by molar-refractivity contribution is 7.98. The van der Waals surface area contributed by atoms with E-state index in [1.54, 1.807) is 28.9 Å². The molecule has 1 heterocycles. The Hall–Kier alpha value is -1.34. The number of benzene rings is 1. The Kier molecular flexibility index (Phi) is 4.98. The molecule has 0 radical (unpaired) electrons. The lowest BCUT2D eigenvalue weighted by Crippen LogP contribution is -2.11. The van der Waals surface area contributed by atoms with Gasteiger partial charge in [0.25, 0.3) is 0 Å². The molecule has 19 heavy (non-hydrogen) atoms. The lowest BCUT2D eigenvalue weighted by atomic mass is 10.3. The SMILES string of the molecule is CSc1ccc(OCCn2cnnc2S(C)=O)cc1. The van der Waals surface area contributed by atoms with Gasteiger partial charge in [0.1, 0.15) is 18.7 Å². The fourth-order valence-corrected chi connectivity index (χ4v) is 2.59. The number of rotatable bonds is 6. The number of nitrogens with zero attached hydrogens (tertiary/aromatic N) is 3. The summed E-state index contributed by atoms with van der Waals surface area (Å²) in [5, 5.41) is 8.05. The lowest BCUT2D eigenvalue weighted by Gasteiger charge is -2.08. The maximum Gasteiger partial charge on any atom is 0.221 e. The van der Waals surface area contributed by atoms with Gasteiger partial charge in [-0.15, -0.1) is 22.0 Å². The first-order valence-electron chi connectivity index (χ1n) is 5.69. The maximum absolute atomic E-state index is 11.4. The van der Waals surface area contributed by atoms with E-state index in [4.69, 9.17) is 4.74 Å². The van der Waals surface area contributed by atoms with E-state index in [9.17, 15) is 4.21 Å². The van der Waals surface area contributed by atoms with E-state index in [1.165, 1.54) is 4.90 Å². The smallest absolute Gasteiger partial charge is 0.221 e. The van der Waals surface area contributed by atoms with Crippen molar-refractivity contribution in [3.8, 4) is 5.75 Å². The molecule has 0 bridgehead atoms. The predicted octanol–water partition coefficient (Wildman–Crippen LogP) is 1.82. The zero-order valence-electron chi connectivity index (χ0n) is 10.8. The largest absolute Gasteiger partial charge is 0.492 e. The molecule has 1 unspecified atom stereocenters. The molecule has 0 aliphatic heterocycles. The third kappa shape index (κ3) is 3.81. The maximum atomic E-state index is 11.4. The minimum Gasteiger partial charge on any atom is -0.492 e. The van der Waals surface area contributed by atoms with E-state index < -0.39 is 10.8 Å². The molecule has 7 heteroatoms. The van der Waals surface area contributed by atoms with Crippen molar-refractivity contribution in [1.82, 2.24) is 14.8 Å². The van der Waals surface area contributed by atoms with Crippen LogP contribution in [0.1, 0.15) is 0 Å². The van der Waals surface area contributed by atoms with Crippen molar-refractivity contribution in [3.05, 3.63) is 30.6 Å². The fraction of sp³-hybridized carbons (Fsp3) is 0.333. The van der Waals surface area contributed by atoms with E-state index in [1.807, 2.05) is 30.5 Å². The van der Waals surface area contributed by atoms with Gasteiger partial charge in [0.05, 0.1) is 17.3 Å². The summed E-state index contributed by atoms with van der Waals surface area (Å²) in [6, 6.07) is 7.92. The van der Waals surface area contributed by atoms with Crippen LogP contribution in [0.5, 0.6) is 5.75 Å². The predicted molar refractivity (Wildman–Crippen MR) is 76.1 cm³/mol. The molecule has 0 amide bonds. The van der Waals surface area contributed by atoms with Crippen LogP contribution in [0.25, 0.3) is 0 Å². The molecular formula is C12H15N3O2S2. The van der Waals surface area contributed by atoms with Crippen molar-refractivity contribution < 1.29 is 8.95 Å². The summed E-state index contributed by atoms with van der Waals surface area (Å²) in [6.45, 7) is 1.06. The minimum absolute atomic E-state index is 0.473. The van der Waals surface area contributed by atoms with Gasteiger partial charge in [-0.2, -0.15) is 0 Å². The van der Waals surface area contributed by atoms with Crippen LogP contribution in [-0.2, 0) is 17.3 Å². The highest BCUT2D eigenvalue weighted by Crippen LogP contribution is 2.18. The molecule has 0 saturated carbocycles. The minimum atomic E-state index is -1.13. The van der Waals surface area contributed by atoms with E-state index in [0.717, 1.165) is 5.75 Å². The second-order valence-electron chi connectivity index (χ2n) is 3.79. The van der Waals surface area contributed by atoms with Crippen LogP contribution in [0.3, 0.4) is 0 Å². The summed E-state index contributed by atoms with van der Waals surface area (Å²) in [4.78, 5) is 1.20. The summed E-state index contributed by atoms with van der Waals surface area (Å²) in [6.07, 6.45) is 5.19. The summed E-state index contributed by atoms with van der Waals surface area (Å²) < 4.78 is 18.7. The second kappa shape index (κ2) is 6.72. The van der Waals surface area contributed by atoms with Gasteiger partial charge in [0, 0.05) is 11.2 Å². The average Bonchev–Trinajstić information content (AvgIpc) is 2.88. The molecule has 0 saturated heterocycles. The Morgan fingerprint density at radius 2 is 2.11 bits per heavy atom. The molecule has 1 aromatic heterocycles. The van der Waals surface area contributed by atoms with Crippen LogP contribution in [0.15, 0.2) is 40.6 Å². The van der Waals surface area contributed by atoms with E-state index in [0.29, 0.717) is 18.3 Å². The Balaban J connectivity index is 1.89. The summed E-state index contributed by atoms with van der Waals surface area (Å²) >= 11 is 1.69. The van der Waals surface area contributed by atoms with Crippen LogP contribution in [0, 0.1) is 0 Å². The topological polar surface area (TPSA) is 57.0 Å². The summed E-state index contributed by atoms with van der Waals surface area (Å²) in [5.74, 6) is 0.824. The third-order valence-electron chi connectivity index (χ3n) is 2.50. The molecule has 1 aromatic carbocycles. The van der Waals surface area contributed by atoms with Crippen molar-refractivity contribution >= 4 is 22.6 Å². The van der Waals surface area contributed by atoms with Crippen LogP contribution in [-0.4, -0.2) is 38.1 Å². The number of aromatic nitrogens is 3. The van der Waals surface area contributed by atoms with E-state index in [2.05, 4.69) is 10.2 Å². The quantitative estimate of drug-likeness (QED) is 0.761. The first-order valence-corrected chi connectivity index (χ1v) is 8.47. The zero-order chi connectivity index (χ0) is 13.7. The fourth-order valence-electron chi connectivity index (χ4n) is 1.55. The van der Waals surface area contributed by atoms with Gasteiger partial charge in [-0.05, 0) is 30.5 Å². The molecular weight excluding hydrogens is 282 g/mol. The number of ether oxygens (including phenoxy) is 1. The highest BCUT2D eigenvalue weighted by atomic mass is 32.2. The lowest BCUT2D eigenvalue weighted by molar-refractivity contribution is 0.293. The highest BCUT2D eigenvalue weighted by Gasteiger charge is 2.07. The van der Waals surface area contributed by atoms with Crippen molar-refractivity contribution in [2.45, 2.75) is 16.6 Å². The Bertz CT molecular complexity index is 554. The standard InChI is InChI=1S/C12H15N3O2S2/c1-18-11-5-3-10(4-6-11)17-8-7-15-9-13-14-12(15)19(2)16/h3-6,9H,7-8H2,1-2H3. The first kappa shape index (κ1) is 14.1. The van der Waals surface area contributed by atoms with Gasteiger partial charge in [-0.25, -0.2) is 0 Å². The molecule has 1 atom stereocenters. The molecule has 0 aliphatic carbocycles. The van der Waals surface area contributed by atoms with Gasteiger partial charge in [-0.1, -0.05) is 0 Å². The van der Waals surface area contributed by atoms with Crippen molar-refractivity contribution in [2.75, 3.05) is 19.1 Å². The normalized spacial score (nSPS) is 12.3. The molecule has 0 spiro atoms. The van der Waals surface area contributed by atoms with Gasteiger partial charge < -0.3 is 9.30 Å². The average molecular weight is 297 g/mol. The van der Waals surface area contributed by atoms with Crippen molar-refractivity contribution in [1.29, 1.82) is 0 Å². The number of hydrogen-bond donors (Lipinski definition) is 0. The molecule has 0 fully saturated rings. The molecule has 2 aromatic rings. The second-order valence-corrected chi connectivity index (χ2v) is 5.94. The molecule has 2 rings (SSSR count). The van der Waals surface area contributed by atoms with Gasteiger partial charge in [-0.3, -0.25) is 4.21 Å². The van der Waals surface area contributed by atoms with Crippen LogP contribution in [0.4, 0.5) is 0 Å². The molecule has 0 N–H and O–H groups in total. The van der Waals surface area contributed by atoms with Crippen molar-refractivity contribution in [2.24, 2.45) is 0 Å². The van der Waals surface area contributed by atoms with E-state index in [-0.39, 0.29) is 0 Å². The van der Waals surface area contributed by atoms with Gasteiger partial charge in [0.15, 0.2) is 0 Å². The summed E-state index contributed by atoms with van der Waals surface area (Å²) in [5.41, 5.74) is 0. The third-order valence-corrected chi connectivity index (χ3v) is 4.07. The first-order chi connectivity index (χ1) is 9.20. The monoisotopic (exact) mass is 297 g/mol. The number of thioether (sulfide) groups is 1. The van der Waals surface area contributed by atoms with E-state index >= 15 is 0 Å². The molecule has 5 nitrogen and oxygen atoms in total. The Morgan fingerprint density at radius 3 is 2.74 bits per heavy atom. The summed E-state index contributed by atoms with van der Waals surface area (Å²) in [7, 11) is -1.13. The van der Waals surface area contributed by atoms with Crippen LogP contribution >= 0.6 is 11.8 Å². The van der Waals surface area contributed by atoms with Crippen LogP contribution < -0.4 is 4.74 Å². The zero-order valence-corrected chi connectivity index (χ0v) is 12.4. The number of hydrogen-bond acceptors (Lipinski definition) is 5. The van der Waals surface area contributed by atoms with Crippen molar-refractivity contribution in [3.63, 3.8) is 0 Å². The molecule has 0 aliphatic rings.